The van der Waals surface area contributed by atoms with Crippen LogP contribution >= 0.6 is 39.1 Å². The van der Waals surface area contributed by atoms with Crippen LogP contribution in [0.25, 0.3) is 11.0 Å². The van der Waals surface area contributed by atoms with E-state index >= 15 is 0 Å². The molecule has 0 saturated heterocycles. The van der Waals surface area contributed by atoms with Crippen LogP contribution in [0, 0.1) is 0 Å². The summed E-state index contributed by atoms with van der Waals surface area (Å²) >= 11 is 15.4. The van der Waals surface area contributed by atoms with Gasteiger partial charge in [0.25, 0.3) is 0 Å². The van der Waals surface area contributed by atoms with E-state index in [1.807, 2.05) is 0 Å². The van der Waals surface area contributed by atoms with Gasteiger partial charge in [0, 0.05) is 22.0 Å². The predicted molar refractivity (Wildman–Crippen MR) is 61.8 cm³/mol. The van der Waals surface area contributed by atoms with Crippen molar-refractivity contribution in [2.75, 3.05) is 0 Å². The molecule has 5 heteroatoms. The Balaban J connectivity index is 2.92. The van der Waals surface area contributed by atoms with E-state index in [-0.39, 0.29) is 0 Å². The molecule has 0 atom stereocenters. The number of halogens is 3. The average Bonchev–Trinajstić information content (AvgIpc) is 2.58. The largest absolute Gasteiger partial charge is 0.462 e. The highest BCUT2D eigenvalue weighted by molar-refractivity contribution is 9.10. The molecule has 74 valence electrons. The standard InChI is InChI=1S/C9H6BrCl2NO/c10-5-1-6(11)9-7(8(5)12)4(2-13)3-14-9/h1,3H,2,13H2. The van der Waals surface area contributed by atoms with Gasteiger partial charge >= 0.3 is 0 Å². The molecule has 0 spiro atoms. The number of nitrogens with two attached hydrogens (primary N) is 1. The lowest BCUT2D eigenvalue weighted by atomic mass is 10.2. The number of hydrogen-bond donors (Lipinski definition) is 1. The van der Waals surface area contributed by atoms with E-state index in [0.717, 1.165) is 15.4 Å². The number of fused-ring (bicyclic) bond motifs is 1. The highest BCUT2D eigenvalue weighted by Crippen LogP contribution is 2.38. The molecule has 0 aliphatic carbocycles. The van der Waals surface area contributed by atoms with Crippen LogP contribution in [0.5, 0.6) is 0 Å². The van der Waals surface area contributed by atoms with Gasteiger partial charge in [0.1, 0.15) is 0 Å². The maximum absolute atomic E-state index is 6.10. The first kappa shape index (κ1) is 10.3. The van der Waals surface area contributed by atoms with Crippen LogP contribution in [-0.4, -0.2) is 0 Å². The molecule has 2 nitrogen and oxygen atoms in total. The molecule has 2 rings (SSSR count). The minimum absolute atomic E-state index is 0.375. The lowest BCUT2D eigenvalue weighted by Gasteiger charge is -2.00. The van der Waals surface area contributed by atoms with Crippen LogP contribution < -0.4 is 5.73 Å². The van der Waals surface area contributed by atoms with Crippen molar-refractivity contribution in [3.8, 4) is 0 Å². The van der Waals surface area contributed by atoms with E-state index in [1.54, 1.807) is 12.3 Å². The summed E-state index contributed by atoms with van der Waals surface area (Å²) < 4.78 is 6.03. The smallest absolute Gasteiger partial charge is 0.154 e. The zero-order chi connectivity index (χ0) is 10.3. The molecular formula is C9H6BrCl2NO. The summed E-state index contributed by atoms with van der Waals surface area (Å²) in [5.74, 6) is 0. The zero-order valence-electron chi connectivity index (χ0n) is 6.98. The van der Waals surface area contributed by atoms with Crippen molar-refractivity contribution < 1.29 is 4.42 Å². The van der Waals surface area contributed by atoms with Crippen molar-refractivity contribution in [1.82, 2.24) is 0 Å². The lowest BCUT2D eigenvalue weighted by molar-refractivity contribution is 0.610. The van der Waals surface area contributed by atoms with Gasteiger partial charge in [0.05, 0.1) is 16.3 Å². The quantitative estimate of drug-likeness (QED) is 0.809. The van der Waals surface area contributed by atoms with Gasteiger partial charge in [-0.3, -0.25) is 0 Å². The molecule has 14 heavy (non-hydrogen) atoms. The summed E-state index contributed by atoms with van der Waals surface area (Å²) in [6, 6.07) is 1.70. The molecule has 0 saturated carbocycles. The van der Waals surface area contributed by atoms with Crippen LogP contribution in [0.3, 0.4) is 0 Å². The van der Waals surface area contributed by atoms with Gasteiger partial charge in [-0.1, -0.05) is 23.2 Å². The molecule has 2 N–H and O–H groups in total. The Kier molecular flexibility index (Phi) is 2.75. The first-order chi connectivity index (χ1) is 6.65. The van der Waals surface area contributed by atoms with Gasteiger partial charge in [0.2, 0.25) is 0 Å². The summed E-state index contributed by atoms with van der Waals surface area (Å²) in [5, 5.41) is 1.89. The number of hydrogen-bond acceptors (Lipinski definition) is 2. The number of rotatable bonds is 1. The third-order valence-corrected chi connectivity index (χ3v) is 3.51. The fraction of sp³-hybridized carbons (Fsp3) is 0.111. The van der Waals surface area contributed by atoms with Gasteiger partial charge < -0.3 is 10.2 Å². The summed E-state index contributed by atoms with van der Waals surface area (Å²) in [7, 11) is 0. The van der Waals surface area contributed by atoms with Crippen molar-refractivity contribution in [3.63, 3.8) is 0 Å². The Morgan fingerprint density at radius 1 is 1.43 bits per heavy atom. The SMILES string of the molecule is NCc1coc2c(Cl)cc(Br)c(Cl)c12. The number of furan rings is 1. The summed E-state index contributed by atoms with van der Waals surface area (Å²) in [6.45, 7) is 0.375. The molecule has 0 unspecified atom stereocenters. The second-order valence-electron chi connectivity index (χ2n) is 2.82. The Labute approximate surface area is 99.1 Å². The van der Waals surface area contributed by atoms with E-state index in [0.29, 0.717) is 22.2 Å². The molecule has 1 aromatic heterocycles. The minimum Gasteiger partial charge on any atom is -0.462 e. The molecule has 2 aromatic rings. The second kappa shape index (κ2) is 3.74. The topological polar surface area (TPSA) is 39.2 Å². The first-order valence-electron chi connectivity index (χ1n) is 3.88. The fourth-order valence-electron chi connectivity index (χ4n) is 1.32. The van der Waals surface area contributed by atoms with Crippen molar-refractivity contribution in [2.24, 2.45) is 5.73 Å². The molecule has 1 heterocycles. The highest BCUT2D eigenvalue weighted by atomic mass is 79.9. The maximum Gasteiger partial charge on any atom is 0.154 e. The van der Waals surface area contributed by atoms with Gasteiger partial charge in [-0.25, -0.2) is 0 Å². The van der Waals surface area contributed by atoms with Crippen LogP contribution in [-0.2, 0) is 6.54 Å². The molecule has 0 aliphatic heterocycles. The van der Waals surface area contributed by atoms with E-state index in [4.69, 9.17) is 33.4 Å². The molecule has 0 amide bonds. The maximum atomic E-state index is 6.10. The molecule has 0 aliphatic rings. The van der Waals surface area contributed by atoms with E-state index in [9.17, 15) is 0 Å². The summed E-state index contributed by atoms with van der Waals surface area (Å²) in [5.41, 5.74) is 6.99. The van der Waals surface area contributed by atoms with E-state index in [2.05, 4.69) is 15.9 Å². The van der Waals surface area contributed by atoms with Crippen LogP contribution in [0.15, 0.2) is 21.2 Å². The summed E-state index contributed by atoms with van der Waals surface area (Å²) in [4.78, 5) is 0. The third-order valence-electron chi connectivity index (χ3n) is 1.99. The predicted octanol–water partition coefficient (Wildman–Crippen LogP) is 3.96. The normalized spacial score (nSPS) is 11.1. The first-order valence-corrected chi connectivity index (χ1v) is 5.43. The van der Waals surface area contributed by atoms with Crippen LogP contribution in [0.1, 0.15) is 5.56 Å². The minimum atomic E-state index is 0.375. The van der Waals surface area contributed by atoms with Crippen LogP contribution in [0.4, 0.5) is 0 Å². The molecule has 0 fully saturated rings. The molecular weight excluding hydrogens is 289 g/mol. The van der Waals surface area contributed by atoms with E-state index in [1.165, 1.54) is 0 Å². The van der Waals surface area contributed by atoms with Crippen molar-refractivity contribution in [2.45, 2.75) is 6.54 Å². The molecule has 0 bridgehead atoms. The molecule has 0 radical (unpaired) electrons. The lowest BCUT2D eigenvalue weighted by Crippen LogP contribution is -1.94. The second-order valence-corrected chi connectivity index (χ2v) is 4.46. The number of benzene rings is 1. The Morgan fingerprint density at radius 3 is 2.79 bits per heavy atom. The van der Waals surface area contributed by atoms with Gasteiger partial charge in [-0.2, -0.15) is 0 Å². The average molecular weight is 295 g/mol. The Bertz CT molecular complexity index is 495. The molecule has 1 aromatic carbocycles. The Hall–Kier alpha value is -0.220. The monoisotopic (exact) mass is 293 g/mol. The third kappa shape index (κ3) is 1.44. The fourth-order valence-corrected chi connectivity index (χ4v) is 2.39. The van der Waals surface area contributed by atoms with Gasteiger partial charge in [-0.05, 0) is 22.0 Å². The van der Waals surface area contributed by atoms with Crippen molar-refractivity contribution in [3.05, 3.63) is 32.4 Å². The summed E-state index contributed by atoms with van der Waals surface area (Å²) in [6.07, 6.45) is 1.58. The van der Waals surface area contributed by atoms with Crippen molar-refractivity contribution in [1.29, 1.82) is 0 Å². The van der Waals surface area contributed by atoms with Gasteiger partial charge in [-0.15, -0.1) is 0 Å². The van der Waals surface area contributed by atoms with Gasteiger partial charge in [0.15, 0.2) is 5.58 Å². The highest BCUT2D eigenvalue weighted by Gasteiger charge is 2.14. The zero-order valence-corrected chi connectivity index (χ0v) is 10.1. The van der Waals surface area contributed by atoms with Crippen LogP contribution in [0.2, 0.25) is 10.0 Å². The Morgan fingerprint density at radius 2 is 2.14 bits per heavy atom. The van der Waals surface area contributed by atoms with E-state index < -0.39 is 0 Å². The van der Waals surface area contributed by atoms with Crippen molar-refractivity contribution >= 4 is 50.1 Å².